The summed E-state index contributed by atoms with van der Waals surface area (Å²) in [5.74, 6) is -0.263. The fourth-order valence-corrected chi connectivity index (χ4v) is 5.42. The minimum Gasteiger partial charge on any atom is -0.462 e. The lowest BCUT2D eigenvalue weighted by Crippen LogP contribution is -2.44. The molecule has 2 heterocycles. The van der Waals surface area contributed by atoms with E-state index in [2.05, 4.69) is 13.8 Å². The molecule has 0 aromatic carbocycles. The second kappa shape index (κ2) is 5.53. The smallest absolute Gasteiger partial charge is 0.341 e. The predicted molar refractivity (Wildman–Crippen MR) is 88.4 cm³/mol. The highest BCUT2D eigenvalue weighted by Gasteiger charge is 2.44. The number of hydrogen-bond donors (Lipinski definition) is 1. The molecule has 1 fully saturated rings. The Hall–Kier alpha value is -1.07. The molecule has 0 radical (unpaired) electrons. The van der Waals surface area contributed by atoms with E-state index in [1.807, 2.05) is 6.92 Å². The molecule has 1 aliphatic heterocycles. The minimum atomic E-state index is -0.263. The Morgan fingerprint density at radius 3 is 2.86 bits per heavy atom. The summed E-state index contributed by atoms with van der Waals surface area (Å²) in [5.41, 5.74) is 8.13. The minimum absolute atomic E-state index is 0.0530. The normalized spacial score (nSPS) is 26.7. The third-order valence-corrected chi connectivity index (χ3v) is 6.03. The fourth-order valence-electron chi connectivity index (χ4n) is 4.14. The third kappa shape index (κ3) is 2.76. The van der Waals surface area contributed by atoms with Gasteiger partial charge in [-0.25, -0.2) is 4.79 Å². The van der Waals surface area contributed by atoms with Gasteiger partial charge >= 0.3 is 5.97 Å². The van der Waals surface area contributed by atoms with Crippen LogP contribution in [0.3, 0.4) is 0 Å². The first-order valence-electron chi connectivity index (χ1n) is 8.07. The number of fused-ring (bicyclic) bond motifs is 1. The van der Waals surface area contributed by atoms with Crippen LogP contribution in [0.4, 0.5) is 5.00 Å². The summed E-state index contributed by atoms with van der Waals surface area (Å²) in [6.07, 6.45) is 5.22. The predicted octanol–water partition coefficient (Wildman–Crippen LogP) is 3.57. The van der Waals surface area contributed by atoms with Gasteiger partial charge in [0.1, 0.15) is 5.00 Å². The van der Waals surface area contributed by atoms with Crippen molar-refractivity contribution in [3.63, 3.8) is 0 Å². The highest BCUT2D eigenvalue weighted by molar-refractivity contribution is 7.16. The van der Waals surface area contributed by atoms with E-state index in [-0.39, 0.29) is 11.6 Å². The molecule has 1 saturated heterocycles. The molecule has 5 heteroatoms. The van der Waals surface area contributed by atoms with Gasteiger partial charge < -0.3 is 15.2 Å². The van der Waals surface area contributed by atoms with Crippen LogP contribution in [0.2, 0.25) is 0 Å². The molecule has 0 unspecified atom stereocenters. The maximum atomic E-state index is 12.2. The summed E-state index contributed by atoms with van der Waals surface area (Å²) in [4.78, 5) is 13.4. The number of nitrogen functional groups attached to an aromatic ring is 1. The topological polar surface area (TPSA) is 61.5 Å². The average molecular weight is 323 g/mol. The van der Waals surface area contributed by atoms with Gasteiger partial charge in [0.25, 0.3) is 0 Å². The monoisotopic (exact) mass is 323 g/mol. The number of rotatable bonds is 2. The molecule has 1 aromatic rings. The van der Waals surface area contributed by atoms with Crippen molar-refractivity contribution in [2.24, 2.45) is 5.41 Å². The molecule has 22 heavy (non-hydrogen) atoms. The molecule has 2 aliphatic rings. The Kier molecular flexibility index (Phi) is 3.98. The molecular weight excluding hydrogens is 298 g/mol. The summed E-state index contributed by atoms with van der Waals surface area (Å²) < 4.78 is 11.1. The molecule has 2 N–H and O–H groups in total. The first-order chi connectivity index (χ1) is 10.4. The van der Waals surface area contributed by atoms with Gasteiger partial charge in [-0.3, -0.25) is 0 Å². The van der Waals surface area contributed by atoms with Crippen molar-refractivity contribution in [2.75, 3.05) is 18.9 Å². The Labute approximate surface area is 136 Å². The molecule has 1 atom stereocenters. The van der Waals surface area contributed by atoms with Gasteiger partial charge in [-0.05, 0) is 63.9 Å². The highest BCUT2D eigenvalue weighted by atomic mass is 32.1. The van der Waals surface area contributed by atoms with Crippen LogP contribution < -0.4 is 5.73 Å². The Morgan fingerprint density at radius 1 is 1.41 bits per heavy atom. The van der Waals surface area contributed by atoms with Crippen LogP contribution in [0.5, 0.6) is 0 Å². The van der Waals surface area contributed by atoms with Crippen molar-refractivity contribution in [1.29, 1.82) is 0 Å². The second-order valence-corrected chi connectivity index (χ2v) is 8.31. The maximum absolute atomic E-state index is 12.2. The number of thiophene rings is 1. The fraction of sp³-hybridized carbons (Fsp3) is 0.706. The number of anilines is 1. The Morgan fingerprint density at radius 2 is 2.18 bits per heavy atom. The van der Waals surface area contributed by atoms with Gasteiger partial charge in [-0.2, -0.15) is 0 Å². The summed E-state index contributed by atoms with van der Waals surface area (Å²) in [5, 5.41) is 0.617. The third-order valence-electron chi connectivity index (χ3n) is 4.96. The first-order valence-corrected chi connectivity index (χ1v) is 8.89. The zero-order chi connectivity index (χ0) is 16.0. The average Bonchev–Trinajstić information content (AvgIpc) is 2.72. The SMILES string of the molecule is CCOC(=O)c1c(N)sc2c1CC[C@]1(CCOC(C)(C)C1)C2. The summed E-state index contributed by atoms with van der Waals surface area (Å²) in [6.45, 7) is 7.39. The molecule has 0 saturated carbocycles. The van der Waals surface area contributed by atoms with Gasteiger partial charge in [0.15, 0.2) is 0 Å². The van der Waals surface area contributed by atoms with Crippen LogP contribution in [-0.2, 0) is 22.3 Å². The van der Waals surface area contributed by atoms with Crippen LogP contribution in [-0.4, -0.2) is 24.8 Å². The van der Waals surface area contributed by atoms with E-state index in [0.717, 1.165) is 44.3 Å². The number of ether oxygens (including phenoxy) is 2. The van der Waals surface area contributed by atoms with Crippen LogP contribution in [0.15, 0.2) is 0 Å². The second-order valence-electron chi connectivity index (χ2n) is 7.18. The Bertz CT molecular complexity index is 593. The molecule has 122 valence electrons. The number of hydrogen-bond acceptors (Lipinski definition) is 5. The summed E-state index contributed by atoms with van der Waals surface area (Å²) in [7, 11) is 0. The van der Waals surface area contributed by atoms with Gasteiger partial charge in [0, 0.05) is 11.5 Å². The standard InChI is InChI=1S/C17H25NO3S/c1-4-20-15(19)13-11-5-6-17(9-12(11)22-14(13)18)7-8-21-16(2,3)10-17/h4-10,18H2,1-3H3/t17-/m0/s1. The largest absolute Gasteiger partial charge is 0.462 e. The van der Waals surface area contributed by atoms with Gasteiger partial charge in [0.2, 0.25) is 0 Å². The van der Waals surface area contributed by atoms with E-state index in [0.29, 0.717) is 22.6 Å². The summed E-state index contributed by atoms with van der Waals surface area (Å²) >= 11 is 1.57. The van der Waals surface area contributed by atoms with E-state index in [1.165, 1.54) is 4.88 Å². The van der Waals surface area contributed by atoms with Gasteiger partial charge in [0.05, 0.1) is 17.8 Å². The number of carbonyl (C=O) groups excluding carboxylic acids is 1. The number of nitrogens with two attached hydrogens (primary N) is 1. The van der Waals surface area contributed by atoms with Gasteiger partial charge in [-0.15, -0.1) is 11.3 Å². The van der Waals surface area contributed by atoms with E-state index in [1.54, 1.807) is 11.3 Å². The van der Waals surface area contributed by atoms with Crippen LogP contribution in [0.1, 0.15) is 60.8 Å². The molecule has 4 nitrogen and oxygen atoms in total. The number of carbonyl (C=O) groups is 1. The zero-order valence-electron chi connectivity index (χ0n) is 13.7. The van der Waals surface area contributed by atoms with E-state index < -0.39 is 0 Å². The van der Waals surface area contributed by atoms with Crippen molar-refractivity contribution in [2.45, 2.75) is 58.5 Å². The number of esters is 1. The van der Waals surface area contributed by atoms with Crippen molar-refractivity contribution < 1.29 is 14.3 Å². The van der Waals surface area contributed by atoms with Crippen molar-refractivity contribution >= 4 is 22.3 Å². The lowest BCUT2D eigenvalue weighted by Gasteiger charge is -2.47. The van der Waals surface area contributed by atoms with Crippen LogP contribution >= 0.6 is 11.3 Å². The molecule has 0 amide bonds. The van der Waals surface area contributed by atoms with E-state index in [4.69, 9.17) is 15.2 Å². The zero-order valence-corrected chi connectivity index (χ0v) is 14.5. The maximum Gasteiger partial charge on any atom is 0.341 e. The van der Waals surface area contributed by atoms with Gasteiger partial charge in [-0.1, -0.05) is 0 Å². The molecule has 1 spiro atoms. The summed E-state index contributed by atoms with van der Waals surface area (Å²) in [6, 6.07) is 0. The highest BCUT2D eigenvalue weighted by Crippen LogP contribution is 2.50. The van der Waals surface area contributed by atoms with Crippen molar-refractivity contribution in [3.8, 4) is 0 Å². The Balaban J connectivity index is 1.88. The molecular formula is C17H25NO3S. The molecule has 3 rings (SSSR count). The van der Waals surface area contributed by atoms with Crippen LogP contribution in [0, 0.1) is 5.41 Å². The quantitative estimate of drug-likeness (QED) is 0.845. The lowest BCUT2D eigenvalue weighted by atomic mass is 9.65. The molecule has 1 aromatic heterocycles. The van der Waals surface area contributed by atoms with E-state index >= 15 is 0 Å². The molecule has 0 bridgehead atoms. The lowest BCUT2D eigenvalue weighted by molar-refractivity contribution is -0.108. The van der Waals surface area contributed by atoms with Crippen molar-refractivity contribution in [3.05, 3.63) is 16.0 Å². The first kappa shape index (κ1) is 15.8. The molecule has 1 aliphatic carbocycles. The van der Waals surface area contributed by atoms with Crippen LogP contribution in [0.25, 0.3) is 0 Å². The van der Waals surface area contributed by atoms with E-state index in [9.17, 15) is 4.79 Å². The van der Waals surface area contributed by atoms with Crippen molar-refractivity contribution in [1.82, 2.24) is 0 Å².